The first-order valence-corrected chi connectivity index (χ1v) is 5.39. The SMILES string of the molecule is O=C1CCc2c(Br)[nH]c3cccc1c23. The van der Waals surface area contributed by atoms with Gasteiger partial charge in [-0.3, -0.25) is 4.79 Å². The molecule has 1 heterocycles. The van der Waals surface area contributed by atoms with Crippen LogP contribution in [0.15, 0.2) is 22.8 Å². The Bertz CT molecular complexity index is 541. The van der Waals surface area contributed by atoms with Crippen LogP contribution < -0.4 is 0 Å². The van der Waals surface area contributed by atoms with Crippen LogP contribution in [0.4, 0.5) is 0 Å². The largest absolute Gasteiger partial charge is 0.349 e. The van der Waals surface area contributed by atoms with E-state index >= 15 is 0 Å². The van der Waals surface area contributed by atoms with Crippen molar-refractivity contribution >= 4 is 32.6 Å². The first-order valence-electron chi connectivity index (χ1n) is 4.59. The van der Waals surface area contributed by atoms with E-state index in [-0.39, 0.29) is 5.78 Å². The second kappa shape index (κ2) is 2.70. The molecular weight excluding hydrogens is 242 g/mol. The zero-order valence-electron chi connectivity index (χ0n) is 7.43. The molecular formula is C11H8BrNO. The molecule has 14 heavy (non-hydrogen) atoms. The van der Waals surface area contributed by atoms with Crippen molar-refractivity contribution in [2.24, 2.45) is 0 Å². The first-order chi connectivity index (χ1) is 6.77. The standard InChI is InChI=1S/C11H8BrNO/c12-11-7-4-5-9(14)6-2-1-3-8(13-11)10(6)7/h1-3,13H,4-5H2. The Morgan fingerprint density at radius 3 is 3.00 bits per heavy atom. The summed E-state index contributed by atoms with van der Waals surface area (Å²) in [7, 11) is 0. The molecule has 0 saturated heterocycles. The normalized spacial score (nSPS) is 15.1. The second-order valence-electron chi connectivity index (χ2n) is 3.57. The summed E-state index contributed by atoms with van der Waals surface area (Å²) in [4.78, 5) is 14.9. The third-order valence-corrected chi connectivity index (χ3v) is 3.45. The second-order valence-corrected chi connectivity index (χ2v) is 4.36. The molecule has 1 aliphatic rings. The molecule has 0 saturated carbocycles. The number of halogens is 1. The Morgan fingerprint density at radius 1 is 1.29 bits per heavy atom. The van der Waals surface area contributed by atoms with E-state index in [1.54, 1.807) is 0 Å². The van der Waals surface area contributed by atoms with Gasteiger partial charge in [0, 0.05) is 22.9 Å². The molecule has 0 unspecified atom stereocenters. The maximum Gasteiger partial charge on any atom is 0.163 e. The number of carbonyl (C=O) groups is 1. The number of aromatic nitrogens is 1. The number of hydrogen-bond donors (Lipinski definition) is 1. The summed E-state index contributed by atoms with van der Waals surface area (Å²) < 4.78 is 1.02. The van der Waals surface area contributed by atoms with E-state index in [9.17, 15) is 4.79 Å². The Labute approximate surface area is 89.4 Å². The quantitative estimate of drug-likeness (QED) is 0.765. The van der Waals surface area contributed by atoms with Crippen molar-refractivity contribution in [2.75, 3.05) is 0 Å². The smallest absolute Gasteiger partial charge is 0.163 e. The average Bonchev–Trinajstić information content (AvgIpc) is 2.50. The van der Waals surface area contributed by atoms with Crippen LogP contribution in [-0.4, -0.2) is 10.8 Å². The molecule has 1 aromatic heterocycles. The Kier molecular flexibility index (Phi) is 1.59. The number of rotatable bonds is 0. The van der Waals surface area contributed by atoms with Crippen molar-refractivity contribution in [3.63, 3.8) is 0 Å². The van der Waals surface area contributed by atoms with Crippen molar-refractivity contribution in [3.05, 3.63) is 33.9 Å². The molecule has 0 amide bonds. The van der Waals surface area contributed by atoms with E-state index in [0.29, 0.717) is 6.42 Å². The highest BCUT2D eigenvalue weighted by atomic mass is 79.9. The van der Waals surface area contributed by atoms with Crippen molar-refractivity contribution in [1.29, 1.82) is 0 Å². The molecule has 0 fully saturated rings. The molecule has 0 spiro atoms. The highest BCUT2D eigenvalue weighted by molar-refractivity contribution is 9.10. The molecule has 3 rings (SSSR count). The molecule has 0 aliphatic heterocycles. The highest BCUT2D eigenvalue weighted by Gasteiger charge is 2.22. The van der Waals surface area contributed by atoms with E-state index in [4.69, 9.17) is 0 Å². The van der Waals surface area contributed by atoms with Gasteiger partial charge in [0.15, 0.2) is 5.78 Å². The van der Waals surface area contributed by atoms with Crippen LogP contribution in [0.1, 0.15) is 22.3 Å². The van der Waals surface area contributed by atoms with Crippen LogP contribution in [0.25, 0.3) is 10.9 Å². The predicted molar refractivity (Wildman–Crippen MR) is 58.7 cm³/mol. The van der Waals surface area contributed by atoms with Crippen molar-refractivity contribution in [2.45, 2.75) is 12.8 Å². The van der Waals surface area contributed by atoms with Gasteiger partial charge in [-0.25, -0.2) is 0 Å². The zero-order chi connectivity index (χ0) is 9.71. The molecule has 1 aromatic carbocycles. The summed E-state index contributed by atoms with van der Waals surface area (Å²) in [5, 5.41) is 1.11. The van der Waals surface area contributed by atoms with Gasteiger partial charge in [-0.2, -0.15) is 0 Å². The number of nitrogens with one attached hydrogen (secondary N) is 1. The molecule has 2 aromatic rings. The van der Waals surface area contributed by atoms with E-state index in [1.807, 2.05) is 18.2 Å². The van der Waals surface area contributed by atoms with Gasteiger partial charge < -0.3 is 4.98 Å². The van der Waals surface area contributed by atoms with Crippen molar-refractivity contribution < 1.29 is 4.79 Å². The van der Waals surface area contributed by atoms with E-state index in [1.165, 1.54) is 5.56 Å². The molecule has 70 valence electrons. The van der Waals surface area contributed by atoms with Crippen LogP contribution in [-0.2, 0) is 6.42 Å². The van der Waals surface area contributed by atoms with Crippen LogP contribution in [0.3, 0.4) is 0 Å². The fraction of sp³-hybridized carbons (Fsp3) is 0.182. The van der Waals surface area contributed by atoms with E-state index < -0.39 is 0 Å². The lowest BCUT2D eigenvalue weighted by molar-refractivity contribution is 0.0982. The lowest BCUT2D eigenvalue weighted by Gasteiger charge is -2.10. The Hall–Kier alpha value is -1.09. The third kappa shape index (κ3) is 0.932. The average molecular weight is 250 g/mol. The van der Waals surface area contributed by atoms with Crippen LogP contribution in [0.5, 0.6) is 0 Å². The number of Topliss-reactive ketones (excluding diaryl/α,β-unsaturated/α-hetero) is 1. The summed E-state index contributed by atoms with van der Waals surface area (Å²) >= 11 is 3.49. The number of ketones is 1. The molecule has 3 heteroatoms. The fourth-order valence-electron chi connectivity index (χ4n) is 2.13. The summed E-state index contributed by atoms with van der Waals surface area (Å²) in [6, 6.07) is 5.84. The van der Waals surface area contributed by atoms with Gasteiger partial charge in [-0.05, 0) is 34.0 Å². The summed E-state index contributed by atoms with van der Waals surface area (Å²) in [6.07, 6.45) is 1.47. The number of carbonyl (C=O) groups excluding carboxylic acids is 1. The van der Waals surface area contributed by atoms with Gasteiger partial charge in [0.2, 0.25) is 0 Å². The van der Waals surface area contributed by atoms with Gasteiger partial charge in [-0.1, -0.05) is 12.1 Å². The van der Waals surface area contributed by atoms with Gasteiger partial charge in [0.1, 0.15) is 0 Å². The maximum absolute atomic E-state index is 11.7. The topological polar surface area (TPSA) is 32.9 Å². The number of benzene rings is 1. The van der Waals surface area contributed by atoms with Gasteiger partial charge in [0.25, 0.3) is 0 Å². The van der Waals surface area contributed by atoms with Gasteiger partial charge in [-0.15, -0.1) is 0 Å². The molecule has 2 nitrogen and oxygen atoms in total. The Morgan fingerprint density at radius 2 is 2.14 bits per heavy atom. The summed E-state index contributed by atoms with van der Waals surface area (Å²) in [5.41, 5.74) is 3.17. The highest BCUT2D eigenvalue weighted by Crippen LogP contribution is 2.34. The molecule has 1 aliphatic carbocycles. The number of aryl methyl sites for hydroxylation is 1. The van der Waals surface area contributed by atoms with Crippen LogP contribution in [0, 0.1) is 0 Å². The Balaban J connectivity index is 2.53. The number of aromatic amines is 1. The lowest BCUT2D eigenvalue weighted by atomic mass is 9.92. The fourth-order valence-corrected chi connectivity index (χ4v) is 2.74. The predicted octanol–water partition coefficient (Wildman–Crippen LogP) is 3.06. The number of hydrogen-bond acceptors (Lipinski definition) is 1. The van der Waals surface area contributed by atoms with Crippen molar-refractivity contribution in [1.82, 2.24) is 4.98 Å². The number of H-pyrrole nitrogens is 1. The van der Waals surface area contributed by atoms with Gasteiger partial charge in [0.05, 0.1) is 4.60 Å². The molecule has 1 N–H and O–H groups in total. The maximum atomic E-state index is 11.7. The third-order valence-electron chi connectivity index (χ3n) is 2.78. The van der Waals surface area contributed by atoms with Crippen molar-refractivity contribution in [3.8, 4) is 0 Å². The van der Waals surface area contributed by atoms with Gasteiger partial charge >= 0.3 is 0 Å². The minimum absolute atomic E-state index is 0.259. The van der Waals surface area contributed by atoms with Crippen LogP contribution in [0.2, 0.25) is 0 Å². The summed E-state index contributed by atoms with van der Waals surface area (Å²) in [6.45, 7) is 0. The zero-order valence-corrected chi connectivity index (χ0v) is 9.02. The summed E-state index contributed by atoms with van der Waals surface area (Å²) in [5.74, 6) is 0.259. The molecule has 0 bridgehead atoms. The lowest BCUT2D eigenvalue weighted by Crippen LogP contribution is -2.07. The monoisotopic (exact) mass is 249 g/mol. The van der Waals surface area contributed by atoms with E-state index in [2.05, 4.69) is 20.9 Å². The first kappa shape index (κ1) is 8.24. The minimum atomic E-state index is 0.259. The van der Waals surface area contributed by atoms with E-state index in [0.717, 1.165) is 27.5 Å². The molecule has 0 atom stereocenters. The van der Waals surface area contributed by atoms with Crippen LogP contribution >= 0.6 is 15.9 Å². The minimum Gasteiger partial charge on any atom is -0.349 e. The molecule has 0 radical (unpaired) electrons.